The highest BCUT2D eigenvalue weighted by Crippen LogP contribution is 2.17. The fraction of sp³-hybridized carbons (Fsp3) is 0.571. The first-order chi connectivity index (χ1) is 8.27. The van der Waals surface area contributed by atoms with Gasteiger partial charge in [0.05, 0.1) is 19.3 Å². The second kappa shape index (κ2) is 8.56. The average molecular weight is 254 g/mol. The standard InChI is InChI=1S/C14H22O2S/c1-3-15-9-12(2)16-10-14(11-17)13-7-5-4-6-8-13/h4-8,12,14,17H,3,9-11H2,1-2H3. The summed E-state index contributed by atoms with van der Waals surface area (Å²) in [6, 6.07) is 10.4. The van der Waals surface area contributed by atoms with Crippen molar-refractivity contribution in [1.82, 2.24) is 0 Å². The van der Waals surface area contributed by atoms with Crippen LogP contribution in [0.15, 0.2) is 30.3 Å². The third-order valence-corrected chi connectivity index (χ3v) is 3.07. The Morgan fingerprint density at radius 3 is 2.47 bits per heavy atom. The minimum atomic E-state index is 0.140. The van der Waals surface area contributed by atoms with Crippen molar-refractivity contribution in [3.05, 3.63) is 35.9 Å². The molecule has 1 rings (SSSR count). The third kappa shape index (κ3) is 5.57. The van der Waals surface area contributed by atoms with E-state index in [4.69, 9.17) is 9.47 Å². The van der Waals surface area contributed by atoms with Gasteiger partial charge in [-0.1, -0.05) is 30.3 Å². The topological polar surface area (TPSA) is 18.5 Å². The fourth-order valence-electron chi connectivity index (χ4n) is 1.59. The first-order valence-electron chi connectivity index (χ1n) is 6.13. The Bertz CT molecular complexity index is 290. The second-order valence-electron chi connectivity index (χ2n) is 4.09. The summed E-state index contributed by atoms with van der Waals surface area (Å²) in [6.07, 6.45) is 0.140. The molecule has 0 N–H and O–H groups in total. The minimum Gasteiger partial charge on any atom is -0.379 e. The van der Waals surface area contributed by atoms with Gasteiger partial charge in [0.25, 0.3) is 0 Å². The summed E-state index contributed by atoms with van der Waals surface area (Å²) in [5.41, 5.74) is 1.28. The van der Waals surface area contributed by atoms with E-state index in [0.717, 1.165) is 12.4 Å². The normalized spacial score (nSPS) is 14.5. The summed E-state index contributed by atoms with van der Waals surface area (Å²) in [5.74, 6) is 1.15. The largest absolute Gasteiger partial charge is 0.379 e. The molecule has 0 aromatic heterocycles. The van der Waals surface area contributed by atoms with Crippen molar-refractivity contribution >= 4 is 12.6 Å². The van der Waals surface area contributed by atoms with Crippen LogP contribution in [-0.4, -0.2) is 31.7 Å². The van der Waals surface area contributed by atoms with Gasteiger partial charge in [-0.25, -0.2) is 0 Å². The van der Waals surface area contributed by atoms with E-state index < -0.39 is 0 Å². The van der Waals surface area contributed by atoms with Gasteiger partial charge in [-0.3, -0.25) is 0 Å². The van der Waals surface area contributed by atoms with Crippen LogP contribution < -0.4 is 0 Å². The molecule has 17 heavy (non-hydrogen) atoms. The molecular formula is C14H22O2S. The van der Waals surface area contributed by atoms with Crippen LogP contribution in [0.3, 0.4) is 0 Å². The molecule has 2 nitrogen and oxygen atoms in total. The van der Waals surface area contributed by atoms with E-state index in [-0.39, 0.29) is 6.10 Å². The molecule has 0 amide bonds. The summed E-state index contributed by atoms with van der Waals surface area (Å²) in [7, 11) is 0. The molecule has 0 bridgehead atoms. The number of rotatable bonds is 8. The van der Waals surface area contributed by atoms with Crippen molar-refractivity contribution in [2.75, 3.05) is 25.6 Å². The van der Waals surface area contributed by atoms with Gasteiger partial charge in [-0.15, -0.1) is 0 Å². The highest BCUT2D eigenvalue weighted by atomic mass is 32.1. The zero-order valence-electron chi connectivity index (χ0n) is 10.6. The Hall–Kier alpha value is -0.510. The van der Waals surface area contributed by atoms with Crippen molar-refractivity contribution in [2.45, 2.75) is 25.9 Å². The second-order valence-corrected chi connectivity index (χ2v) is 4.46. The first kappa shape index (κ1) is 14.6. The SMILES string of the molecule is CCOCC(C)OCC(CS)c1ccccc1. The van der Waals surface area contributed by atoms with E-state index in [1.54, 1.807) is 0 Å². The van der Waals surface area contributed by atoms with Gasteiger partial charge in [0.1, 0.15) is 0 Å². The van der Waals surface area contributed by atoms with Crippen LogP contribution in [0, 0.1) is 0 Å². The van der Waals surface area contributed by atoms with Crippen molar-refractivity contribution in [3.8, 4) is 0 Å². The highest BCUT2D eigenvalue weighted by molar-refractivity contribution is 7.80. The lowest BCUT2D eigenvalue weighted by molar-refractivity contribution is -0.00704. The van der Waals surface area contributed by atoms with E-state index in [0.29, 0.717) is 19.1 Å². The van der Waals surface area contributed by atoms with Crippen LogP contribution in [0.2, 0.25) is 0 Å². The number of benzene rings is 1. The van der Waals surface area contributed by atoms with Crippen molar-refractivity contribution in [3.63, 3.8) is 0 Å². The van der Waals surface area contributed by atoms with Crippen LogP contribution in [0.5, 0.6) is 0 Å². The number of ether oxygens (including phenoxy) is 2. The molecule has 1 aromatic rings. The van der Waals surface area contributed by atoms with E-state index in [1.807, 2.05) is 19.9 Å². The van der Waals surface area contributed by atoms with Crippen LogP contribution in [0.1, 0.15) is 25.3 Å². The lowest BCUT2D eigenvalue weighted by Crippen LogP contribution is -2.20. The highest BCUT2D eigenvalue weighted by Gasteiger charge is 2.11. The van der Waals surface area contributed by atoms with Crippen LogP contribution >= 0.6 is 12.6 Å². The zero-order chi connectivity index (χ0) is 12.5. The molecule has 96 valence electrons. The minimum absolute atomic E-state index is 0.140. The summed E-state index contributed by atoms with van der Waals surface area (Å²) in [5, 5.41) is 0. The van der Waals surface area contributed by atoms with Gasteiger partial charge in [0.2, 0.25) is 0 Å². The summed E-state index contributed by atoms with van der Waals surface area (Å²) < 4.78 is 11.1. The molecule has 0 heterocycles. The molecule has 3 heteroatoms. The summed E-state index contributed by atoms with van der Waals surface area (Å²) in [4.78, 5) is 0. The maximum absolute atomic E-state index is 5.78. The lowest BCUT2D eigenvalue weighted by Gasteiger charge is -2.19. The maximum Gasteiger partial charge on any atom is 0.0780 e. The predicted molar refractivity (Wildman–Crippen MR) is 74.9 cm³/mol. The molecule has 0 fully saturated rings. The van der Waals surface area contributed by atoms with Gasteiger partial charge in [0, 0.05) is 12.5 Å². The quantitative estimate of drug-likeness (QED) is 0.718. The molecule has 0 aliphatic heterocycles. The molecule has 0 saturated carbocycles. The van der Waals surface area contributed by atoms with Gasteiger partial charge in [0.15, 0.2) is 0 Å². The molecule has 0 aliphatic carbocycles. The molecule has 0 saturated heterocycles. The molecule has 2 unspecified atom stereocenters. The molecule has 1 aromatic carbocycles. The zero-order valence-corrected chi connectivity index (χ0v) is 11.5. The predicted octanol–water partition coefficient (Wildman–Crippen LogP) is 3.14. The van der Waals surface area contributed by atoms with Crippen molar-refractivity contribution < 1.29 is 9.47 Å². The Morgan fingerprint density at radius 2 is 1.88 bits per heavy atom. The lowest BCUT2D eigenvalue weighted by atomic mass is 10.0. The smallest absolute Gasteiger partial charge is 0.0780 e. The molecule has 0 radical (unpaired) electrons. The van der Waals surface area contributed by atoms with E-state index >= 15 is 0 Å². The van der Waals surface area contributed by atoms with E-state index in [1.165, 1.54) is 5.56 Å². The van der Waals surface area contributed by atoms with Crippen LogP contribution in [0.4, 0.5) is 0 Å². The van der Waals surface area contributed by atoms with Gasteiger partial charge < -0.3 is 9.47 Å². The third-order valence-electron chi connectivity index (χ3n) is 2.63. The Labute approximate surface area is 110 Å². The van der Waals surface area contributed by atoms with Crippen LogP contribution in [-0.2, 0) is 9.47 Å². The Kier molecular flexibility index (Phi) is 7.33. The van der Waals surface area contributed by atoms with Gasteiger partial charge in [-0.05, 0) is 25.2 Å². The Balaban J connectivity index is 2.38. The maximum atomic E-state index is 5.78. The number of hydrogen-bond acceptors (Lipinski definition) is 3. The molecule has 2 atom stereocenters. The summed E-state index contributed by atoms with van der Waals surface area (Å²) in [6.45, 7) is 6.12. The van der Waals surface area contributed by atoms with E-state index in [2.05, 4.69) is 36.9 Å². The summed E-state index contributed by atoms with van der Waals surface area (Å²) >= 11 is 4.39. The van der Waals surface area contributed by atoms with Crippen molar-refractivity contribution in [1.29, 1.82) is 0 Å². The van der Waals surface area contributed by atoms with Gasteiger partial charge in [-0.2, -0.15) is 12.6 Å². The molecule has 0 spiro atoms. The Morgan fingerprint density at radius 1 is 1.18 bits per heavy atom. The van der Waals surface area contributed by atoms with Crippen LogP contribution in [0.25, 0.3) is 0 Å². The first-order valence-corrected chi connectivity index (χ1v) is 6.76. The number of thiol groups is 1. The van der Waals surface area contributed by atoms with Gasteiger partial charge >= 0.3 is 0 Å². The monoisotopic (exact) mass is 254 g/mol. The van der Waals surface area contributed by atoms with E-state index in [9.17, 15) is 0 Å². The molecular weight excluding hydrogens is 232 g/mol. The number of hydrogen-bond donors (Lipinski definition) is 1. The average Bonchev–Trinajstić information content (AvgIpc) is 2.38. The molecule has 0 aliphatic rings. The fourth-order valence-corrected chi connectivity index (χ4v) is 1.91. The van der Waals surface area contributed by atoms with Crippen molar-refractivity contribution in [2.24, 2.45) is 0 Å².